The Morgan fingerprint density at radius 1 is 1.42 bits per heavy atom. The number of hydrogen-bond donors (Lipinski definition) is 1. The average molecular weight is 266 g/mol. The van der Waals surface area contributed by atoms with Crippen molar-refractivity contribution < 1.29 is 13.6 Å². The van der Waals surface area contributed by atoms with Crippen LogP contribution in [-0.2, 0) is 17.1 Å². The average Bonchev–Trinajstić information content (AvgIpc) is 2.99. The summed E-state index contributed by atoms with van der Waals surface area (Å²) in [6.07, 6.45) is 0.710. The first kappa shape index (κ1) is 12.5. The van der Waals surface area contributed by atoms with Crippen molar-refractivity contribution in [3.8, 4) is 0 Å². The Balaban J connectivity index is 1.94. The Morgan fingerprint density at radius 2 is 2.21 bits per heavy atom. The second kappa shape index (κ2) is 4.27. The summed E-state index contributed by atoms with van der Waals surface area (Å²) in [5.74, 6) is -3.53. The highest BCUT2D eigenvalue weighted by Crippen LogP contribution is 2.41. The smallest absolute Gasteiger partial charge is 0.277 e. The molecule has 0 bridgehead atoms. The van der Waals surface area contributed by atoms with Crippen LogP contribution in [0.5, 0.6) is 0 Å². The number of rotatable bonds is 2. The summed E-state index contributed by atoms with van der Waals surface area (Å²) in [6, 6.07) is 4.58. The molecule has 1 amide bonds. The maximum absolute atomic E-state index is 14.4. The minimum absolute atomic E-state index is 0.0306. The number of nitrogens with one attached hydrogen (secondary N) is 1. The molecule has 1 saturated heterocycles. The second-order valence-electron chi connectivity index (χ2n) is 5.29. The van der Waals surface area contributed by atoms with Crippen LogP contribution in [0.3, 0.4) is 0 Å². The first-order valence-corrected chi connectivity index (χ1v) is 6.48. The van der Waals surface area contributed by atoms with Crippen LogP contribution in [0, 0.1) is 5.92 Å². The molecule has 0 aromatic heterocycles. The Bertz CT molecular complexity index is 524. The fourth-order valence-corrected chi connectivity index (χ4v) is 2.88. The highest BCUT2D eigenvalue weighted by atomic mass is 19.3. The molecule has 1 unspecified atom stereocenters. The summed E-state index contributed by atoms with van der Waals surface area (Å²) in [5.41, 5.74) is 1.48. The molecule has 0 aliphatic carbocycles. The fraction of sp³-hybridized carbons (Fsp3) is 0.500. The summed E-state index contributed by atoms with van der Waals surface area (Å²) in [6.45, 7) is 0.995. The molecule has 0 radical (unpaired) electrons. The summed E-state index contributed by atoms with van der Waals surface area (Å²) < 4.78 is 28.8. The topological polar surface area (TPSA) is 32.3 Å². The molecule has 5 heteroatoms. The molecule has 3 nitrogen and oxygen atoms in total. The van der Waals surface area contributed by atoms with Gasteiger partial charge in [0.1, 0.15) is 0 Å². The van der Waals surface area contributed by atoms with Crippen LogP contribution < -0.4 is 10.2 Å². The van der Waals surface area contributed by atoms with E-state index < -0.39 is 11.8 Å². The van der Waals surface area contributed by atoms with Gasteiger partial charge in [0, 0.05) is 30.8 Å². The molecule has 0 saturated carbocycles. The molecular weight excluding hydrogens is 250 g/mol. The number of anilines is 1. The number of fused-ring (bicyclic) bond motifs is 1. The molecule has 2 aliphatic rings. The van der Waals surface area contributed by atoms with Crippen molar-refractivity contribution in [1.29, 1.82) is 0 Å². The zero-order chi connectivity index (χ0) is 13.6. The Hall–Kier alpha value is -1.49. The van der Waals surface area contributed by atoms with Gasteiger partial charge in [-0.25, -0.2) is 8.78 Å². The van der Waals surface area contributed by atoms with Crippen molar-refractivity contribution in [3.05, 3.63) is 29.3 Å². The van der Waals surface area contributed by atoms with Crippen molar-refractivity contribution >= 4 is 11.6 Å². The normalized spacial score (nSPS) is 23.0. The molecule has 3 rings (SSSR count). The highest BCUT2D eigenvalue weighted by molar-refractivity contribution is 6.00. The van der Waals surface area contributed by atoms with Gasteiger partial charge in [-0.05, 0) is 30.7 Å². The van der Waals surface area contributed by atoms with E-state index in [0.717, 1.165) is 5.69 Å². The van der Waals surface area contributed by atoms with E-state index >= 15 is 0 Å². The molecule has 2 aliphatic heterocycles. The summed E-state index contributed by atoms with van der Waals surface area (Å²) in [4.78, 5) is 13.1. The zero-order valence-corrected chi connectivity index (χ0v) is 10.7. The van der Waals surface area contributed by atoms with Crippen LogP contribution in [0.25, 0.3) is 0 Å². The van der Waals surface area contributed by atoms with Crippen molar-refractivity contribution in [3.63, 3.8) is 0 Å². The molecule has 1 aromatic rings. The van der Waals surface area contributed by atoms with Crippen molar-refractivity contribution in [2.45, 2.75) is 18.8 Å². The highest BCUT2D eigenvalue weighted by Gasteiger charge is 2.43. The maximum atomic E-state index is 14.4. The number of nitrogens with zero attached hydrogens (tertiary/aromatic N) is 1. The Labute approximate surface area is 110 Å². The Morgan fingerprint density at radius 3 is 2.89 bits per heavy atom. The molecule has 19 heavy (non-hydrogen) atoms. The van der Waals surface area contributed by atoms with Crippen molar-refractivity contribution in [2.24, 2.45) is 5.92 Å². The van der Waals surface area contributed by atoms with Gasteiger partial charge in [-0.1, -0.05) is 6.07 Å². The summed E-state index contributed by atoms with van der Waals surface area (Å²) in [7, 11) is 1.67. The fourth-order valence-electron chi connectivity index (χ4n) is 2.88. The van der Waals surface area contributed by atoms with E-state index in [2.05, 4.69) is 5.32 Å². The third-order valence-corrected chi connectivity index (χ3v) is 4.11. The Kier molecular flexibility index (Phi) is 2.82. The number of halogens is 2. The lowest BCUT2D eigenvalue weighted by atomic mass is 9.92. The maximum Gasteiger partial charge on any atom is 0.277 e. The quantitative estimate of drug-likeness (QED) is 0.886. The number of alkyl halides is 2. The minimum Gasteiger partial charge on any atom is -0.316 e. The lowest BCUT2D eigenvalue weighted by Crippen LogP contribution is -2.27. The number of carbonyl (C=O) groups excluding carboxylic acids is 1. The van der Waals surface area contributed by atoms with Gasteiger partial charge in [0.15, 0.2) is 0 Å². The van der Waals surface area contributed by atoms with Crippen molar-refractivity contribution in [2.75, 3.05) is 25.0 Å². The third-order valence-electron chi connectivity index (χ3n) is 4.11. The molecule has 1 atom stereocenters. The largest absolute Gasteiger partial charge is 0.316 e. The van der Waals surface area contributed by atoms with Gasteiger partial charge in [-0.3, -0.25) is 4.79 Å². The third kappa shape index (κ3) is 1.92. The van der Waals surface area contributed by atoms with Gasteiger partial charge >= 0.3 is 0 Å². The van der Waals surface area contributed by atoms with Crippen molar-refractivity contribution in [1.82, 2.24) is 5.32 Å². The molecule has 1 aromatic carbocycles. The summed E-state index contributed by atoms with van der Waals surface area (Å²) >= 11 is 0. The van der Waals surface area contributed by atoms with E-state index in [9.17, 15) is 13.6 Å². The molecular formula is C14H16F2N2O. The van der Waals surface area contributed by atoms with Gasteiger partial charge < -0.3 is 10.2 Å². The lowest BCUT2D eigenvalue weighted by Gasteiger charge is -2.23. The number of amides is 1. The van der Waals surface area contributed by atoms with E-state index in [1.165, 1.54) is 17.0 Å². The first-order chi connectivity index (χ1) is 9.00. The van der Waals surface area contributed by atoms with Gasteiger partial charge in [0.25, 0.3) is 5.92 Å². The van der Waals surface area contributed by atoms with Gasteiger partial charge in [0.2, 0.25) is 5.91 Å². The van der Waals surface area contributed by atoms with E-state index in [1.54, 1.807) is 13.1 Å². The molecule has 1 fully saturated rings. The van der Waals surface area contributed by atoms with Crippen LogP contribution in [0.4, 0.5) is 14.5 Å². The molecule has 102 valence electrons. The molecule has 0 spiro atoms. The van der Waals surface area contributed by atoms with E-state index in [4.69, 9.17) is 0 Å². The van der Waals surface area contributed by atoms with Crippen LogP contribution in [0.2, 0.25) is 0 Å². The number of hydrogen-bond acceptors (Lipinski definition) is 2. The van der Waals surface area contributed by atoms with Crippen LogP contribution in [0.1, 0.15) is 17.5 Å². The number of likely N-dealkylation sites (N-methyl/N-ethyl adjacent to an activating group) is 1. The van der Waals surface area contributed by atoms with E-state index in [-0.39, 0.29) is 17.9 Å². The minimum atomic E-state index is -2.83. The molecule has 1 N–H and O–H groups in total. The van der Waals surface area contributed by atoms with Gasteiger partial charge in [0.05, 0.1) is 6.42 Å². The van der Waals surface area contributed by atoms with Crippen LogP contribution in [0.15, 0.2) is 18.2 Å². The second-order valence-corrected chi connectivity index (χ2v) is 5.29. The first-order valence-electron chi connectivity index (χ1n) is 6.48. The number of carbonyl (C=O) groups is 1. The predicted octanol–water partition coefficient (Wildman–Crippen LogP) is 1.91. The van der Waals surface area contributed by atoms with Crippen LogP contribution >= 0.6 is 0 Å². The van der Waals surface area contributed by atoms with Gasteiger partial charge in [-0.15, -0.1) is 0 Å². The standard InChI is InChI=1S/C14H16F2N2O/c1-18-12-3-2-10(6-9(12)7-13(18)19)14(15,16)11-4-5-17-8-11/h2-3,6,11,17H,4-5,7-8H2,1H3. The monoisotopic (exact) mass is 266 g/mol. The van der Waals surface area contributed by atoms with E-state index in [1.807, 2.05) is 0 Å². The van der Waals surface area contributed by atoms with E-state index in [0.29, 0.717) is 25.1 Å². The van der Waals surface area contributed by atoms with Gasteiger partial charge in [-0.2, -0.15) is 0 Å². The zero-order valence-electron chi connectivity index (χ0n) is 10.7. The SMILES string of the molecule is CN1C(=O)Cc2cc(C(F)(F)C3CCNC3)ccc21. The number of benzene rings is 1. The molecule has 2 heterocycles. The summed E-state index contributed by atoms with van der Waals surface area (Å²) in [5, 5.41) is 2.97. The van der Waals surface area contributed by atoms with Crippen LogP contribution in [-0.4, -0.2) is 26.0 Å². The lowest BCUT2D eigenvalue weighted by molar-refractivity contribution is -0.117. The predicted molar refractivity (Wildman–Crippen MR) is 68.4 cm³/mol.